The lowest BCUT2D eigenvalue weighted by Crippen LogP contribution is -2.46. The van der Waals surface area contributed by atoms with Gasteiger partial charge in [-0.05, 0) is 30.7 Å². The number of nitrogens with two attached hydrogens (primary N) is 1. The van der Waals surface area contributed by atoms with Gasteiger partial charge in [0, 0.05) is 29.1 Å². The first-order valence-corrected chi connectivity index (χ1v) is 12.4. The van der Waals surface area contributed by atoms with Crippen molar-refractivity contribution in [2.75, 3.05) is 18.0 Å². The maximum atomic E-state index is 12.7. The molecule has 1 aliphatic carbocycles. The Balaban J connectivity index is 1.29. The number of thiazole rings is 1. The van der Waals surface area contributed by atoms with E-state index in [9.17, 15) is 4.79 Å². The van der Waals surface area contributed by atoms with Crippen LogP contribution >= 0.6 is 57.9 Å². The molecule has 1 aliphatic heterocycles. The first kappa shape index (κ1) is 21.5. The van der Waals surface area contributed by atoms with Gasteiger partial charge in [-0.25, -0.2) is 15.0 Å². The minimum Gasteiger partial charge on any atom is -0.352 e. The Kier molecular flexibility index (Phi) is 5.69. The summed E-state index contributed by atoms with van der Waals surface area (Å²) in [7, 11) is 0. The van der Waals surface area contributed by atoms with Crippen molar-refractivity contribution in [3.63, 3.8) is 0 Å². The van der Waals surface area contributed by atoms with Gasteiger partial charge < -0.3 is 15.6 Å². The van der Waals surface area contributed by atoms with E-state index in [-0.39, 0.29) is 22.2 Å². The average molecular weight is 516 g/mol. The van der Waals surface area contributed by atoms with Crippen molar-refractivity contribution >= 4 is 63.7 Å². The summed E-state index contributed by atoms with van der Waals surface area (Å²) in [6.07, 6.45) is 5.85. The lowest BCUT2D eigenvalue weighted by Gasteiger charge is -2.42. The predicted octanol–water partition coefficient (Wildman–Crippen LogP) is 4.58. The van der Waals surface area contributed by atoms with Gasteiger partial charge in [-0.1, -0.05) is 46.6 Å². The molecular weight excluding hydrogens is 499 g/mol. The third-order valence-electron chi connectivity index (χ3n) is 6.00. The van der Waals surface area contributed by atoms with Crippen LogP contribution in [0.5, 0.6) is 0 Å². The van der Waals surface area contributed by atoms with Crippen LogP contribution in [0.15, 0.2) is 33.2 Å². The molecule has 0 amide bonds. The van der Waals surface area contributed by atoms with Gasteiger partial charge in [0.15, 0.2) is 10.3 Å². The molecule has 3 aromatic heterocycles. The molecule has 3 aromatic rings. The highest BCUT2D eigenvalue weighted by Gasteiger charge is 2.48. The fraction of sp³-hybridized carbons (Fsp3) is 0.368. The number of H-pyrrole nitrogens is 1. The number of pyridine rings is 1. The quantitative estimate of drug-likeness (QED) is 0.493. The molecule has 0 radical (unpaired) electrons. The Labute approximate surface area is 201 Å². The zero-order valence-corrected chi connectivity index (χ0v) is 20.0. The summed E-state index contributed by atoms with van der Waals surface area (Å²) in [4.78, 5) is 32.3. The average Bonchev–Trinajstić information content (AvgIpc) is 3.21. The normalized spacial score (nSPS) is 19.7. The summed E-state index contributed by atoms with van der Waals surface area (Å²) >= 11 is 21.0. The number of nitrogens with zero attached hydrogens (tertiary/aromatic N) is 4. The number of anilines is 1. The van der Waals surface area contributed by atoms with E-state index in [2.05, 4.69) is 19.9 Å². The zero-order chi connectivity index (χ0) is 21.8. The van der Waals surface area contributed by atoms with Gasteiger partial charge in [-0.3, -0.25) is 4.79 Å². The SMILES string of the molecule is N[C@@H]1c2nc(Cl)sc2CC12CCN(c1ncc(Sc3ccnc(Cl)c3Cl)[nH]c1=O)CC2. The maximum Gasteiger partial charge on any atom is 0.291 e. The summed E-state index contributed by atoms with van der Waals surface area (Å²) in [5.41, 5.74) is 7.24. The summed E-state index contributed by atoms with van der Waals surface area (Å²) in [6.45, 7) is 1.43. The fourth-order valence-electron chi connectivity index (χ4n) is 4.33. The van der Waals surface area contributed by atoms with Crippen LogP contribution in [0.2, 0.25) is 14.6 Å². The lowest BCUT2D eigenvalue weighted by atomic mass is 9.73. The summed E-state index contributed by atoms with van der Waals surface area (Å²) < 4.78 is 0.553. The van der Waals surface area contributed by atoms with E-state index in [0.29, 0.717) is 38.3 Å². The van der Waals surface area contributed by atoms with Crippen LogP contribution < -0.4 is 16.2 Å². The number of hydrogen-bond acceptors (Lipinski definition) is 8. The van der Waals surface area contributed by atoms with Crippen LogP contribution in [0, 0.1) is 5.41 Å². The molecule has 0 bridgehead atoms. The molecular formula is C19H17Cl3N6OS2. The molecule has 31 heavy (non-hydrogen) atoms. The highest BCUT2D eigenvalue weighted by molar-refractivity contribution is 7.99. The number of rotatable bonds is 3. The molecule has 1 spiro atoms. The third-order valence-corrected chi connectivity index (χ3v) is 9.04. The van der Waals surface area contributed by atoms with Gasteiger partial charge in [0.05, 0.1) is 28.0 Å². The van der Waals surface area contributed by atoms with Gasteiger partial charge >= 0.3 is 0 Å². The molecule has 1 atom stereocenters. The zero-order valence-electron chi connectivity index (χ0n) is 16.1. The second kappa shape index (κ2) is 8.20. The number of aromatic nitrogens is 4. The monoisotopic (exact) mass is 514 g/mol. The second-order valence-corrected chi connectivity index (χ2v) is 11.2. The summed E-state index contributed by atoms with van der Waals surface area (Å²) in [5.74, 6) is 0.417. The molecule has 0 unspecified atom stereocenters. The van der Waals surface area contributed by atoms with Crippen molar-refractivity contribution in [2.45, 2.75) is 35.2 Å². The molecule has 2 aliphatic rings. The molecule has 162 valence electrons. The Morgan fingerprint density at radius 1 is 1.26 bits per heavy atom. The second-order valence-electron chi connectivity index (χ2n) is 7.70. The minimum absolute atomic E-state index is 0.0187. The van der Waals surface area contributed by atoms with Crippen molar-refractivity contribution in [3.05, 3.63) is 54.0 Å². The van der Waals surface area contributed by atoms with Crippen LogP contribution in [0.25, 0.3) is 0 Å². The number of aromatic amines is 1. The van der Waals surface area contributed by atoms with E-state index in [0.717, 1.165) is 25.0 Å². The van der Waals surface area contributed by atoms with E-state index < -0.39 is 0 Å². The van der Waals surface area contributed by atoms with Gasteiger partial charge in [0.1, 0.15) is 5.15 Å². The van der Waals surface area contributed by atoms with Crippen molar-refractivity contribution < 1.29 is 0 Å². The molecule has 0 aromatic carbocycles. The standard InChI is InChI=1S/C19H17Cl3N6OS2/c20-12-9(1-4-24-15(12)21)30-11-8-25-16(17(29)26-11)28-5-2-19(3-6-28)7-10-13(14(19)23)27-18(22)31-10/h1,4,8,14H,2-3,5-7,23H2,(H,26,29)/t14-/m1/s1. The fourth-order valence-corrected chi connectivity index (χ4v) is 6.93. The Morgan fingerprint density at radius 2 is 2.03 bits per heavy atom. The largest absolute Gasteiger partial charge is 0.352 e. The molecule has 1 fully saturated rings. The van der Waals surface area contributed by atoms with Gasteiger partial charge in [-0.15, -0.1) is 11.3 Å². The predicted molar refractivity (Wildman–Crippen MR) is 125 cm³/mol. The van der Waals surface area contributed by atoms with Crippen molar-refractivity contribution in [3.8, 4) is 0 Å². The van der Waals surface area contributed by atoms with Crippen LogP contribution in [0.4, 0.5) is 5.82 Å². The smallest absolute Gasteiger partial charge is 0.291 e. The number of nitrogens with one attached hydrogen (secondary N) is 1. The minimum atomic E-state index is -0.236. The first-order chi connectivity index (χ1) is 14.9. The van der Waals surface area contributed by atoms with Gasteiger partial charge in [0.2, 0.25) is 0 Å². The van der Waals surface area contributed by atoms with E-state index in [1.54, 1.807) is 18.5 Å². The van der Waals surface area contributed by atoms with E-state index in [1.165, 1.54) is 28.0 Å². The molecule has 0 saturated carbocycles. The van der Waals surface area contributed by atoms with Gasteiger partial charge in [0.25, 0.3) is 5.56 Å². The highest BCUT2D eigenvalue weighted by Crippen LogP contribution is 2.52. The van der Waals surface area contributed by atoms with E-state index >= 15 is 0 Å². The Hall–Kier alpha value is -1.36. The van der Waals surface area contributed by atoms with Crippen molar-refractivity contribution in [1.29, 1.82) is 0 Å². The summed E-state index contributed by atoms with van der Waals surface area (Å²) in [6, 6.07) is 1.62. The molecule has 4 heterocycles. The molecule has 5 rings (SSSR count). The van der Waals surface area contributed by atoms with Crippen molar-refractivity contribution in [2.24, 2.45) is 11.1 Å². The Morgan fingerprint density at radius 3 is 2.74 bits per heavy atom. The lowest BCUT2D eigenvalue weighted by molar-refractivity contribution is 0.186. The van der Waals surface area contributed by atoms with Crippen LogP contribution in [-0.4, -0.2) is 33.0 Å². The third kappa shape index (κ3) is 3.85. The summed E-state index contributed by atoms with van der Waals surface area (Å²) in [5, 5.41) is 1.15. The molecule has 3 N–H and O–H groups in total. The molecule has 12 heteroatoms. The van der Waals surface area contributed by atoms with Crippen LogP contribution in [0.3, 0.4) is 0 Å². The van der Waals surface area contributed by atoms with E-state index in [1.807, 2.05) is 4.90 Å². The number of fused-ring (bicyclic) bond motifs is 1. The Bertz CT molecular complexity index is 1210. The number of halogens is 3. The first-order valence-electron chi connectivity index (χ1n) is 9.59. The molecule has 7 nitrogen and oxygen atoms in total. The van der Waals surface area contributed by atoms with Crippen LogP contribution in [-0.2, 0) is 6.42 Å². The van der Waals surface area contributed by atoms with E-state index in [4.69, 9.17) is 40.5 Å². The maximum absolute atomic E-state index is 12.7. The topological polar surface area (TPSA) is 101 Å². The highest BCUT2D eigenvalue weighted by atomic mass is 35.5. The number of hydrogen-bond donors (Lipinski definition) is 2. The van der Waals surface area contributed by atoms with Crippen LogP contribution in [0.1, 0.15) is 29.5 Å². The van der Waals surface area contributed by atoms with Crippen molar-refractivity contribution in [1.82, 2.24) is 19.9 Å². The molecule has 1 saturated heterocycles. The number of piperidine rings is 1. The van der Waals surface area contributed by atoms with Gasteiger partial charge in [-0.2, -0.15) is 0 Å².